The molecule has 1 aromatic heterocycles. The molecule has 0 aliphatic carbocycles. The van der Waals surface area contributed by atoms with E-state index < -0.39 is 0 Å². The molecule has 1 aromatic rings. The molecule has 0 N–H and O–H groups in total. The van der Waals surface area contributed by atoms with Gasteiger partial charge < -0.3 is 4.57 Å². The van der Waals surface area contributed by atoms with Gasteiger partial charge in [0.1, 0.15) is 0 Å². The van der Waals surface area contributed by atoms with Crippen molar-refractivity contribution in [1.82, 2.24) is 9.55 Å². The quantitative estimate of drug-likeness (QED) is 0.599. The minimum absolute atomic E-state index is 0.0978. The maximum Gasteiger partial charge on any atom is 0.197 e. The van der Waals surface area contributed by atoms with Crippen LogP contribution < -0.4 is 0 Å². The van der Waals surface area contributed by atoms with Crippen molar-refractivity contribution in [3.8, 4) is 0 Å². The zero-order chi connectivity index (χ0) is 8.43. The van der Waals surface area contributed by atoms with Gasteiger partial charge in [0.15, 0.2) is 11.6 Å². The highest BCUT2D eigenvalue weighted by molar-refractivity contribution is 5.92. The van der Waals surface area contributed by atoms with Crippen LogP contribution in [0, 0.1) is 6.92 Å². The third kappa shape index (κ3) is 1.48. The van der Waals surface area contributed by atoms with Gasteiger partial charge in [-0.05, 0) is 6.92 Å². The number of ketones is 1. The molecule has 0 atom stereocenters. The lowest BCUT2D eigenvalue weighted by Crippen LogP contribution is -2.05. The van der Waals surface area contributed by atoms with Gasteiger partial charge in [-0.2, -0.15) is 0 Å². The summed E-state index contributed by atoms with van der Waals surface area (Å²) in [5, 5.41) is 0. The first kappa shape index (κ1) is 7.98. The molecule has 0 aliphatic rings. The molecule has 3 heteroatoms. The summed E-state index contributed by atoms with van der Waals surface area (Å²) in [5.41, 5.74) is 0.893. The van der Waals surface area contributed by atoms with E-state index in [0.29, 0.717) is 12.2 Å². The molecule has 0 spiro atoms. The molecule has 11 heavy (non-hydrogen) atoms. The van der Waals surface area contributed by atoms with Gasteiger partial charge in [0.25, 0.3) is 0 Å². The second-order valence-corrected chi connectivity index (χ2v) is 2.59. The Balaban J connectivity index is 3.03. The predicted molar refractivity (Wildman–Crippen MR) is 42.6 cm³/mol. The van der Waals surface area contributed by atoms with Gasteiger partial charge in [-0.1, -0.05) is 6.92 Å². The molecule has 1 heterocycles. The van der Waals surface area contributed by atoms with Crippen LogP contribution in [0.25, 0.3) is 0 Å². The van der Waals surface area contributed by atoms with E-state index in [4.69, 9.17) is 0 Å². The smallest absolute Gasteiger partial charge is 0.197 e. The Labute approximate surface area is 66.1 Å². The van der Waals surface area contributed by atoms with E-state index in [9.17, 15) is 4.79 Å². The first-order valence-electron chi connectivity index (χ1n) is 3.68. The molecular formula is C8H12N2O. The SMILES string of the molecule is CCC(=O)c1nc(C)cn1C. The second-order valence-electron chi connectivity index (χ2n) is 2.59. The summed E-state index contributed by atoms with van der Waals surface area (Å²) in [4.78, 5) is 15.3. The molecular weight excluding hydrogens is 140 g/mol. The van der Waals surface area contributed by atoms with Crippen molar-refractivity contribution in [2.24, 2.45) is 7.05 Å². The first-order chi connectivity index (χ1) is 5.15. The molecule has 0 aromatic carbocycles. The third-order valence-corrected chi connectivity index (χ3v) is 1.57. The maximum atomic E-state index is 11.2. The number of Topliss-reactive ketones (excluding diaryl/α,β-unsaturated/α-hetero) is 1. The fourth-order valence-corrected chi connectivity index (χ4v) is 1.03. The van der Waals surface area contributed by atoms with Crippen LogP contribution in [0.2, 0.25) is 0 Å². The summed E-state index contributed by atoms with van der Waals surface area (Å²) < 4.78 is 1.77. The van der Waals surface area contributed by atoms with E-state index in [0.717, 1.165) is 5.69 Å². The van der Waals surface area contributed by atoms with E-state index in [1.165, 1.54) is 0 Å². The fourth-order valence-electron chi connectivity index (χ4n) is 1.03. The van der Waals surface area contributed by atoms with Crippen molar-refractivity contribution >= 4 is 5.78 Å². The zero-order valence-electron chi connectivity index (χ0n) is 7.09. The van der Waals surface area contributed by atoms with E-state index in [2.05, 4.69) is 4.98 Å². The van der Waals surface area contributed by atoms with Crippen molar-refractivity contribution in [3.63, 3.8) is 0 Å². The molecule has 0 amide bonds. The molecule has 0 saturated heterocycles. The van der Waals surface area contributed by atoms with Gasteiger partial charge >= 0.3 is 0 Å². The summed E-state index contributed by atoms with van der Waals surface area (Å²) in [6.07, 6.45) is 2.37. The minimum atomic E-state index is 0.0978. The van der Waals surface area contributed by atoms with Crippen LogP contribution in [0.15, 0.2) is 6.20 Å². The highest BCUT2D eigenvalue weighted by atomic mass is 16.1. The molecule has 60 valence electrons. The van der Waals surface area contributed by atoms with E-state index in [1.54, 1.807) is 4.57 Å². The van der Waals surface area contributed by atoms with Crippen molar-refractivity contribution in [2.75, 3.05) is 0 Å². The maximum absolute atomic E-state index is 11.2. The van der Waals surface area contributed by atoms with Gasteiger partial charge in [0, 0.05) is 19.7 Å². The average Bonchev–Trinajstić information content (AvgIpc) is 2.28. The molecule has 0 aliphatic heterocycles. The monoisotopic (exact) mass is 152 g/mol. The summed E-state index contributed by atoms with van der Waals surface area (Å²) >= 11 is 0. The molecule has 0 radical (unpaired) electrons. The first-order valence-corrected chi connectivity index (χ1v) is 3.68. The van der Waals surface area contributed by atoms with Crippen molar-refractivity contribution in [2.45, 2.75) is 20.3 Å². The third-order valence-electron chi connectivity index (χ3n) is 1.57. The van der Waals surface area contributed by atoms with Gasteiger partial charge in [-0.15, -0.1) is 0 Å². The fraction of sp³-hybridized carbons (Fsp3) is 0.500. The van der Waals surface area contributed by atoms with Gasteiger partial charge in [0.05, 0.1) is 5.69 Å². The Morgan fingerprint density at radius 1 is 1.73 bits per heavy atom. The molecule has 3 nitrogen and oxygen atoms in total. The Morgan fingerprint density at radius 2 is 2.36 bits per heavy atom. The van der Waals surface area contributed by atoms with Crippen LogP contribution in [0.1, 0.15) is 29.7 Å². The lowest BCUT2D eigenvalue weighted by Gasteiger charge is -1.95. The molecule has 0 bridgehead atoms. The number of aryl methyl sites for hydroxylation is 2. The van der Waals surface area contributed by atoms with Crippen LogP contribution >= 0.6 is 0 Å². The lowest BCUT2D eigenvalue weighted by molar-refractivity contribution is 0.0975. The number of aromatic nitrogens is 2. The average molecular weight is 152 g/mol. The minimum Gasteiger partial charge on any atom is -0.331 e. The van der Waals surface area contributed by atoms with Crippen LogP contribution in [-0.2, 0) is 7.05 Å². The van der Waals surface area contributed by atoms with Gasteiger partial charge in [-0.3, -0.25) is 4.79 Å². The molecule has 0 unspecified atom stereocenters. The number of hydrogen-bond donors (Lipinski definition) is 0. The number of rotatable bonds is 2. The summed E-state index contributed by atoms with van der Waals surface area (Å²) in [5.74, 6) is 0.658. The van der Waals surface area contributed by atoms with Crippen LogP contribution in [0.4, 0.5) is 0 Å². The Morgan fingerprint density at radius 3 is 2.73 bits per heavy atom. The summed E-state index contributed by atoms with van der Waals surface area (Å²) in [7, 11) is 1.84. The number of imidazole rings is 1. The Hall–Kier alpha value is -1.12. The van der Waals surface area contributed by atoms with Crippen LogP contribution in [0.5, 0.6) is 0 Å². The van der Waals surface area contributed by atoms with Gasteiger partial charge in [0.2, 0.25) is 0 Å². The van der Waals surface area contributed by atoms with Crippen molar-refractivity contribution in [1.29, 1.82) is 0 Å². The van der Waals surface area contributed by atoms with Gasteiger partial charge in [-0.25, -0.2) is 4.98 Å². The highest BCUT2D eigenvalue weighted by Gasteiger charge is 2.08. The lowest BCUT2D eigenvalue weighted by atomic mass is 10.3. The van der Waals surface area contributed by atoms with Crippen LogP contribution in [-0.4, -0.2) is 15.3 Å². The topological polar surface area (TPSA) is 34.9 Å². The van der Waals surface area contributed by atoms with E-state index >= 15 is 0 Å². The number of nitrogens with zero attached hydrogens (tertiary/aromatic N) is 2. The van der Waals surface area contributed by atoms with E-state index in [-0.39, 0.29) is 5.78 Å². The van der Waals surface area contributed by atoms with E-state index in [1.807, 2.05) is 27.1 Å². The summed E-state index contributed by atoms with van der Waals surface area (Å²) in [6.45, 7) is 3.72. The highest BCUT2D eigenvalue weighted by Crippen LogP contribution is 2.02. The summed E-state index contributed by atoms with van der Waals surface area (Å²) in [6, 6.07) is 0. The van der Waals surface area contributed by atoms with Crippen molar-refractivity contribution < 1.29 is 4.79 Å². The van der Waals surface area contributed by atoms with Crippen molar-refractivity contribution in [3.05, 3.63) is 17.7 Å². The Bertz CT molecular complexity index is 276. The molecule has 1 rings (SSSR count). The second kappa shape index (κ2) is 2.86. The number of hydrogen-bond acceptors (Lipinski definition) is 2. The largest absolute Gasteiger partial charge is 0.331 e. The molecule has 0 fully saturated rings. The molecule has 0 saturated carbocycles. The predicted octanol–water partition coefficient (Wildman–Crippen LogP) is 1.32. The number of carbonyl (C=O) groups excluding carboxylic acids is 1. The Kier molecular flexibility index (Phi) is 2.08. The standard InChI is InChI=1S/C8H12N2O/c1-4-7(11)8-9-6(2)5-10(8)3/h5H,4H2,1-3H3. The normalized spacial score (nSPS) is 10.1. The number of carbonyl (C=O) groups is 1. The van der Waals surface area contributed by atoms with Crippen LogP contribution in [0.3, 0.4) is 0 Å². The zero-order valence-corrected chi connectivity index (χ0v) is 7.09.